The van der Waals surface area contributed by atoms with Crippen LogP contribution >= 0.6 is 11.6 Å². The Balaban J connectivity index is 2.16. The van der Waals surface area contributed by atoms with E-state index in [1.807, 2.05) is 0 Å². The summed E-state index contributed by atoms with van der Waals surface area (Å²) in [7, 11) is 0. The lowest BCUT2D eigenvalue weighted by molar-refractivity contribution is 0.117. The molecule has 0 radical (unpaired) electrons. The van der Waals surface area contributed by atoms with Gasteiger partial charge in [-0.3, -0.25) is 0 Å². The summed E-state index contributed by atoms with van der Waals surface area (Å²) in [6, 6.07) is 0. The first-order chi connectivity index (χ1) is 3.75. The lowest BCUT2D eigenvalue weighted by atomic mass is 10.4. The van der Waals surface area contributed by atoms with Crippen LogP contribution in [0.3, 0.4) is 0 Å². The average Bonchev–Trinajstić information content (AvgIpc) is 2.42. The summed E-state index contributed by atoms with van der Waals surface area (Å²) >= 11 is 5.30. The zero-order valence-electron chi connectivity index (χ0n) is 4.28. The molecule has 0 aromatic rings. The lowest BCUT2D eigenvalue weighted by Gasteiger charge is -1.90. The van der Waals surface area contributed by atoms with Gasteiger partial charge in [0.1, 0.15) is 0 Å². The standard InChI is InChI=1S/C5H7ClF2/c6-2-3-1-4(3)5(7)8/h3-5H,1-2H2/t3-,4-/m0/s1. The zero-order chi connectivity index (χ0) is 6.15. The van der Waals surface area contributed by atoms with Crippen LogP contribution in [0.2, 0.25) is 0 Å². The molecule has 0 saturated heterocycles. The second-order valence-electron chi connectivity index (χ2n) is 2.15. The van der Waals surface area contributed by atoms with Crippen molar-refractivity contribution in [2.24, 2.45) is 11.8 Å². The second-order valence-corrected chi connectivity index (χ2v) is 2.46. The van der Waals surface area contributed by atoms with E-state index >= 15 is 0 Å². The Morgan fingerprint density at radius 3 is 2.38 bits per heavy atom. The molecule has 1 saturated carbocycles. The Hall–Kier alpha value is 0.150. The van der Waals surface area contributed by atoms with Crippen LogP contribution in [0.4, 0.5) is 8.78 Å². The zero-order valence-corrected chi connectivity index (χ0v) is 5.04. The molecule has 0 heterocycles. The predicted octanol–water partition coefficient (Wildman–Crippen LogP) is 2.13. The van der Waals surface area contributed by atoms with Gasteiger partial charge in [0.25, 0.3) is 0 Å². The van der Waals surface area contributed by atoms with Crippen LogP contribution in [0, 0.1) is 11.8 Å². The topological polar surface area (TPSA) is 0 Å². The lowest BCUT2D eigenvalue weighted by Crippen LogP contribution is -1.95. The number of hydrogen-bond donors (Lipinski definition) is 0. The summed E-state index contributed by atoms with van der Waals surface area (Å²) in [5.41, 5.74) is 0. The fourth-order valence-corrected chi connectivity index (χ4v) is 1.11. The van der Waals surface area contributed by atoms with Gasteiger partial charge in [0.2, 0.25) is 6.43 Å². The Kier molecular flexibility index (Phi) is 1.71. The molecule has 0 aromatic heterocycles. The molecule has 0 nitrogen and oxygen atoms in total. The highest BCUT2D eigenvalue weighted by molar-refractivity contribution is 6.18. The van der Waals surface area contributed by atoms with Crippen molar-refractivity contribution in [3.63, 3.8) is 0 Å². The third kappa shape index (κ3) is 1.10. The van der Waals surface area contributed by atoms with Crippen molar-refractivity contribution >= 4 is 11.6 Å². The van der Waals surface area contributed by atoms with Crippen LogP contribution < -0.4 is 0 Å². The largest absolute Gasteiger partial charge is 0.241 e. The number of alkyl halides is 3. The molecule has 0 aliphatic heterocycles. The minimum absolute atomic E-state index is 0.108. The molecule has 0 unspecified atom stereocenters. The van der Waals surface area contributed by atoms with Crippen LogP contribution in [-0.2, 0) is 0 Å². The minimum atomic E-state index is -2.14. The van der Waals surface area contributed by atoms with Gasteiger partial charge in [-0.15, -0.1) is 11.6 Å². The molecule has 1 aliphatic rings. The van der Waals surface area contributed by atoms with E-state index in [0.717, 1.165) is 0 Å². The molecular formula is C5H7ClF2. The van der Waals surface area contributed by atoms with Gasteiger partial charge in [-0.2, -0.15) is 0 Å². The van der Waals surface area contributed by atoms with Crippen molar-refractivity contribution in [3.05, 3.63) is 0 Å². The van der Waals surface area contributed by atoms with Gasteiger partial charge in [-0.25, -0.2) is 8.78 Å². The molecule has 0 amide bonds. The first kappa shape index (κ1) is 6.27. The molecule has 0 spiro atoms. The van der Waals surface area contributed by atoms with Crippen molar-refractivity contribution in [2.45, 2.75) is 12.8 Å². The molecule has 1 rings (SSSR count). The van der Waals surface area contributed by atoms with Crippen LogP contribution in [0.15, 0.2) is 0 Å². The monoisotopic (exact) mass is 140 g/mol. The first-order valence-electron chi connectivity index (χ1n) is 2.60. The van der Waals surface area contributed by atoms with Crippen molar-refractivity contribution in [1.29, 1.82) is 0 Å². The Labute approximate surface area is 51.8 Å². The third-order valence-corrected chi connectivity index (χ3v) is 1.90. The van der Waals surface area contributed by atoms with Crippen molar-refractivity contribution < 1.29 is 8.78 Å². The predicted molar refractivity (Wildman–Crippen MR) is 28.3 cm³/mol. The molecule has 3 heteroatoms. The van der Waals surface area contributed by atoms with Gasteiger partial charge in [0.15, 0.2) is 0 Å². The maximum absolute atomic E-state index is 11.6. The quantitative estimate of drug-likeness (QED) is 0.516. The van der Waals surface area contributed by atoms with Crippen LogP contribution in [0.5, 0.6) is 0 Å². The van der Waals surface area contributed by atoms with E-state index in [1.54, 1.807) is 0 Å². The maximum Gasteiger partial charge on any atom is 0.241 e. The highest BCUT2D eigenvalue weighted by Gasteiger charge is 2.42. The fraction of sp³-hybridized carbons (Fsp3) is 1.00. The second kappa shape index (κ2) is 2.18. The van der Waals surface area contributed by atoms with E-state index in [0.29, 0.717) is 12.3 Å². The van der Waals surface area contributed by atoms with Crippen LogP contribution in [0.1, 0.15) is 6.42 Å². The highest BCUT2D eigenvalue weighted by Crippen LogP contribution is 2.43. The van der Waals surface area contributed by atoms with E-state index < -0.39 is 6.43 Å². The van der Waals surface area contributed by atoms with E-state index in [-0.39, 0.29) is 11.8 Å². The summed E-state index contributed by atoms with van der Waals surface area (Å²) in [6.45, 7) is 0. The third-order valence-electron chi connectivity index (χ3n) is 1.50. The molecule has 0 aromatic carbocycles. The first-order valence-corrected chi connectivity index (χ1v) is 3.13. The van der Waals surface area contributed by atoms with E-state index in [2.05, 4.69) is 0 Å². The van der Waals surface area contributed by atoms with Gasteiger partial charge < -0.3 is 0 Å². The molecule has 8 heavy (non-hydrogen) atoms. The summed E-state index contributed by atoms with van der Waals surface area (Å²) in [5.74, 6) is 0.124. The maximum atomic E-state index is 11.6. The van der Waals surface area contributed by atoms with Gasteiger partial charge >= 0.3 is 0 Å². The molecule has 0 N–H and O–H groups in total. The van der Waals surface area contributed by atoms with Gasteiger partial charge in [-0.05, 0) is 12.3 Å². The number of halogens is 3. The fourth-order valence-electron chi connectivity index (χ4n) is 0.757. The van der Waals surface area contributed by atoms with Crippen LogP contribution in [-0.4, -0.2) is 12.3 Å². The summed E-state index contributed by atoms with van der Waals surface area (Å²) in [4.78, 5) is 0. The highest BCUT2D eigenvalue weighted by atomic mass is 35.5. The minimum Gasteiger partial charge on any atom is -0.210 e. The van der Waals surface area contributed by atoms with Crippen molar-refractivity contribution in [1.82, 2.24) is 0 Å². The Morgan fingerprint density at radius 2 is 2.25 bits per heavy atom. The Morgan fingerprint density at radius 1 is 1.62 bits per heavy atom. The van der Waals surface area contributed by atoms with E-state index in [4.69, 9.17) is 11.6 Å². The SMILES string of the molecule is FC(F)[C@H]1C[C@H]1CCl. The van der Waals surface area contributed by atoms with E-state index in [9.17, 15) is 8.78 Å². The molecule has 1 aliphatic carbocycles. The van der Waals surface area contributed by atoms with Gasteiger partial charge in [0, 0.05) is 11.8 Å². The molecule has 0 bridgehead atoms. The molecule has 2 atom stereocenters. The summed E-state index contributed by atoms with van der Waals surface area (Å²) < 4.78 is 23.2. The van der Waals surface area contributed by atoms with Crippen LogP contribution in [0.25, 0.3) is 0 Å². The summed E-state index contributed by atoms with van der Waals surface area (Å²) in [6.07, 6.45) is -1.51. The van der Waals surface area contributed by atoms with Crippen molar-refractivity contribution in [3.8, 4) is 0 Å². The molecular weight excluding hydrogens is 134 g/mol. The Bertz CT molecular complexity index is 84.5. The van der Waals surface area contributed by atoms with Gasteiger partial charge in [-0.1, -0.05) is 0 Å². The number of rotatable bonds is 2. The number of hydrogen-bond acceptors (Lipinski definition) is 0. The van der Waals surface area contributed by atoms with E-state index in [1.165, 1.54) is 0 Å². The normalized spacial score (nSPS) is 36.0. The van der Waals surface area contributed by atoms with Gasteiger partial charge in [0.05, 0.1) is 0 Å². The average molecular weight is 141 g/mol. The smallest absolute Gasteiger partial charge is 0.210 e. The van der Waals surface area contributed by atoms with Crippen molar-refractivity contribution in [2.75, 3.05) is 5.88 Å². The molecule has 48 valence electrons. The molecule has 1 fully saturated rings. The summed E-state index contributed by atoms with van der Waals surface area (Å²) in [5, 5.41) is 0.